The zero-order valence-electron chi connectivity index (χ0n) is 7.50. The van der Waals surface area contributed by atoms with Crippen LogP contribution in [-0.2, 0) is 4.74 Å². The molecule has 13 heavy (non-hydrogen) atoms. The van der Waals surface area contributed by atoms with Crippen LogP contribution in [0.25, 0.3) is 0 Å². The molecule has 0 saturated carbocycles. The van der Waals surface area contributed by atoms with Gasteiger partial charge in [0.25, 0.3) is 0 Å². The number of rotatable bonds is 1. The summed E-state index contributed by atoms with van der Waals surface area (Å²) in [6.07, 6.45) is 1.54. The number of carbonyl (C=O) groups excluding carboxylic acids is 1. The first-order valence-corrected chi connectivity index (χ1v) is 3.75. The Hall–Kier alpha value is -1.82. The molecule has 0 aliphatic heterocycles. The fourth-order valence-corrected chi connectivity index (χ4v) is 0.837. The maximum absolute atomic E-state index is 11.0. The molecule has 0 bridgehead atoms. The fraction of sp³-hybridized carbons (Fsp3) is 0.200. The van der Waals surface area contributed by atoms with Gasteiger partial charge in [0.1, 0.15) is 5.69 Å². The lowest BCUT2D eigenvalue weighted by molar-refractivity contribution is 0.0594. The molecule has 1 aromatic rings. The van der Waals surface area contributed by atoms with Gasteiger partial charge in [-0.3, -0.25) is 0 Å². The second kappa shape index (κ2) is 4.27. The third-order valence-corrected chi connectivity index (χ3v) is 1.43. The van der Waals surface area contributed by atoms with Crippen LogP contribution < -0.4 is 0 Å². The Morgan fingerprint density at radius 1 is 1.54 bits per heavy atom. The Morgan fingerprint density at radius 3 is 2.77 bits per heavy atom. The molecule has 1 heterocycles. The Morgan fingerprint density at radius 2 is 2.31 bits per heavy atom. The molecule has 1 rings (SSSR count). The number of nitrogens with zero attached hydrogens (tertiary/aromatic N) is 1. The lowest BCUT2D eigenvalue weighted by Gasteiger charge is -1.96. The highest BCUT2D eigenvalue weighted by Gasteiger charge is 2.04. The minimum absolute atomic E-state index is 0.296. The van der Waals surface area contributed by atoms with E-state index in [1.54, 1.807) is 25.3 Å². The van der Waals surface area contributed by atoms with E-state index in [1.165, 1.54) is 7.11 Å². The average molecular weight is 175 g/mol. The van der Waals surface area contributed by atoms with Gasteiger partial charge in [-0.2, -0.15) is 0 Å². The van der Waals surface area contributed by atoms with Crippen molar-refractivity contribution < 1.29 is 9.53 Å². The highest BCUT2D eigenvalue weighted by molar-refractivity contribution is 5.87. The lowest BCUT2D eigenvalue weighted by Crippen LogP contribution is -2.03. The maximum Gasteiger partial charge on any atom is 0.356 e. The zero-order valence-corrected chi connectivity index (χ0v) is 7.50. The van der Waals surface area contributed by atoms with Crippen molar-refractivity contribution in [2.24, 2.45) is 0 Å². The molecule has 0 unspecified atom stereocenters. The van der Waals surface area contributed by atoms with E-state index in [-0.39, 0.29) is 0 Å². The molecule has 0 saturated heterocycles. The molecule has 66 valence electrons. The molecule has 0 aliphatic rings. The molecular weight excluding hydrogens is 166 g/mol. The van der Waals surface area contributed by atoms with Crippen molar-refractivity contribution in [3.63, 3.8) is 0 Å². The van der Waals surface area contributed by atoms with Crippen LogP contribution in [0.4, 0.5) is 0 Å². The summed E-state index contributed by atoms with van der Waals surface area (Å²) in [5, 5.41) is 0. The molecule has 3 nitrogen and oxygen atoms in total. The monoisotopic (exact) mass is 175 g/mol. The number of esters is 1. The van der Waals surface area contributed by atoms with Crippen molar-refractivity contribution >= 4 is 5.97 Å². The molecule has 0 aromatic carbocycles. The molecule has 0 amide bonds. The summed E-state index contributed by atoms with van der Waals surface area (Å²) < 4.78 is 4.50. The SMILES string of the molecule is CC#Cc1ccc(C(=O)OC)nc1. The summed E-state index contributed by atoms with van der Waals surface area (Å²) >= 11 is 0. The second-order valence-corrected chi connectivity index (χ2v) is 2.30. The third kappa shape index (κ3) is 2.31. The predicted octanol–water partition coefficient (Wildman–Crippen LogP) is 1.24. The van der Waals surface area contributed by atoms with Gasteiger partial charge in [-0.05, 0) is 19.1 Å². The maximum atomic E-state index is 11.0. The highest BCUT2D eigenvalue weighted by Crippen LogP contribution is 1.99. The standard InChI is InChI=1S/C10H9NO2/c1-3-4-8-5-6-9(11-7-8)10(12)13-2/h5-7H,1-2H3. The van der Waals surface area contributed by atoms with Crippen LogP contribution in [0.3, 0.4) is 0 Å². The van der Waals surface area contributed by atoms with Crippen molar-refractivity contribution in [3.8, 4) is 11.8 Å². The number of hydrogen-bond acceptors (Lipinski definition) is 3. The van der Waals surface area contributed by atoms with Crippen molar-refractivity contribution in [1.82, 2.24) is 4.98 Å². The molecule has 0 radical (unpaired) electrons. The average Bonchev–Trinajstić information content (AvgIpc) is 2.18. The Labute approximate surface area is 76.8 Å². The molecule has 1 aromatic heterocycles. The molecule has 0 N–H and O–H groups in total. The summed E-state index contributed by atoms with van der Waals surface area (Å²) in [6, 6.07) is 3.32. The first kappa shape index (κ1) is 9.27. The second-order valence-electron chi connectivity index (χ2n) is 2.30. The summed E-state index contributed by atoms with van der Waals surface area (Å²) in [5.74, 6) is 5.13. The van der Waals surface area contributed by atoms with E-state index in [1.807, 2.05) is 0 Å². The topological polar surface area (TPSA) is 39.2 Å². The van der Waals surface area contributed by atoms with Gasteiger partial charge >= 0.3 is 5.97 Å². The molecule has 0 spiro atoms. The van der Waals surface area contributed by atoms with Crippen molar-refractivity contribution in [2.45, 2.75) is 6.92 Å². The Balaban J connectivity index is 2.91. The van der Waals surface area contributed by atoms with Gasteiger partial charge < -0.3 is 4.74 Å². The lowest BCUT2D eigenvalue weighted by atomic mass is 10.2. The van der Waals surface area contributed by atoms with Gasteiger partial charge in [-0.15, -0.1) is 5.92 Å². The summed E-state index contributed by atoms with van der Waals surface area (Å²) in [4.78, 5) is 14.9. The smallest absolute Gasteiger partial charge is 0.356 e. The minimum Gasteiger partial charge on any atom is -0.464 e. The van der Waals surface area contributed by atoms with Crippen LogP contribution in [0.2, 0.25) is 0 Å². The Kier molecular flexibility index (Phi) is 3.04. The highest BCUT2D eigenvalue weighted by atomic mass is 16.5. The van der Waals surface area contributed by atoms with Crippen LogP contribution in [0.15, 0.2) is 18.3 Å². The van der Waals surface area contributed by atoms with Crippen molar-refractivity contribution in [2.75, 3.05) is 7.11 Å². The number of hydrogen-bond donors (Lipinski definition) is 0. The van der Waals surface area contributed by atoms with Crippen LogP contribution in [0.1, 0.15) is 23.0 Å². The Bertz CT molecular complexity index is 357. The number of pyridine rings is 1. The molecule has 0 aliphatic carbocycles. The van der Waals surface area contributed by atoms with E-state index < -0.39 is 5.97 Å². The zero-order chi connectivity index (χ0) is 9.68. The van der Waals surface area contributed by atoms with Gasteiger partial charge in [0.2, 0.25) is 0 Å². The van der Waals surface area contributed by atoms with E-state index in [0.29, 0.717) is 5.69 Å². The number of ether oxygens (including phenoxy) is 1. The summed E-state index contributed by atoms with van der Waals surface area (Å²) in [6.45, 7) is 1.74. The molecular formula is C10H9NO2. The number of aromatic nitrogens is 1. The molecule has 0 atom stereocenters. The van der Waals surface area contributed by atoms with Crippen molar-refractivity contribution in [3.05, 3.63) is 29.6 Å². The minimum atomic E-state index is -0.434. The van der Waals surface area contributed by atoms with E-state index >= 15 is 0 Å². The van der Waals surface area contributed by atoms with Crippen molar-refractivity contribution in [1.29, 1.82) is 0 Å². The predicted molar refractivity (Wildman–Crippen MR) is 48.1 cm³/mol. The van der Waals surface area contributed by atoms with Crippen LogP contribution in [0.5, 0.6) is 0 Å². The van der Waals surface area contributed by atoms with Crippen LogP contribution in [0, 0.1) is 11.8 Å². The normalized spacial score (nSPS) is 8.46. The molecule has 3 heteroatoms. The van der Waals surface area contributed by atoms with E-state index in [4.69, 9.17) is 0 Å². The summed E-state index contributed by atoms with van der Waals surface area (Å²) in [7, 11) is 1.32. The largest absolute Gasteiger partial charge is 0.464 e. The van der Waals surface area contributed by atoms with E-state index in [9.17, 15) is 4.79 Å². The first-order valence-electron chi connectivity index (χ1n) is 3.75. The van der Waals surface area contributed by atoms with Gasteiger partial charge in [0.15, 0.2) is 0 Å². The summed E-state index contributed by atoms with van der Waals surface area (Å²) in [5.41, 5.74) is 1.08. The van der Waals surface area contributed by atoms with Gasteiger partial charge in [0.05, 0.1) is 7.11 Å². The van der Waals surface area contributed by atoms with Gasteiger partial charge in [0, 0.05) is 11.8 Å². The third-order valence-electron chi connectivity index (χ3n) is 1.43. The van der Waals surface area contributed by atoms with E-state index in [2.05, 4.69) is 21.6 Å². The van der Waals surface area contributed by atoms with Gasteiger partial charge in [-0.1, -0.05) is 5.92 Å². The first-order chi connectivity index (χ1) is 6.27. The fourth-order valence-electron chi connectivity index (χ4n) is 0.837. The van der Waals surface area contributed by atoms with E-state index in [0.717, 1.165) is 5.56 Å². The van der Waals surface area contributed by atoms with Crippen LogP contribution >= 0.6 is 0 Å². The molecule has 0 fully saturated rings. The number of carbonyl (C=O) groups is 1. The number of methoxy groups -OCH3 is 1. The van der Waals surface area contributed by atoms with Gasteiger partial charge in [-0.25, -0.2) is 9.78 Å². The quantitative estimate of drug-likeness (QED) is 0.476. The van der Waals surface area contributed by atoms with Crippen LogP contribution in [-0.4, -0.2) is 18.1 Å².